The number of amides is 1. The van der Waals surface area contributed by atoms with Crippen LogP contribution in [-0.4, -0.2) is 114 Å². The van der Waals surface area contributed by atoms with E-state index >= 15 is 0 Å². The Balaban J connectivity index is 1.16. The Kier molecular flexibility index (Phi) is 10.3. The first-order valence-corrected chi connectivity index (χ1v) is 18.3. The number of ether oxygens (including phenoxy) is 1. The smallest absolute Gasteiger partial charge is 0.233 e. The molecule has 3 fully saturated rings. The fourth-order valence-corrected chi connectivity index (χ4v) is 9.30. The number of β-amino-alcohol motifs (C(OH)–C–C–N with tert-alkyl or cyclic N) is 1. The number of methoxy groups -OCH3 is 1. The zero-order valence-electron chi connectivity index (χ0n) is 28.8. The maximum Gasteiger partial charge on any atom is 0.233 e. The summed E-state index contributed by atoms with van der Waals surface area (Å²) in [6, 6.07) is 10.3. The Morgan fingerprint density at radius 1 is 1.04 bits per heavy atom. The topological polar surface area (TPSA) is 84.1 Å². The monoisotopic (exact) mass is 649 g/mol. The second-order valence-electron chi connectivity index (χ2n) is 14.8. The van der Waals surface area contributed by atoms with Crippen molar-refractivity contribution < 1.29 is 14.6 Å². The van der Waals surface area contributed by atoms with E-state index in [4.69, 9.17) is 4.74 Å². The summed E-state index contributed by atoms with van der Waals surface area (Å²) in [5.74, 6) is 0.306. The van der Waals surface area contributed by atoms with Gasteiger partial charge in [0.1, 0.15) is 4.83 Å². The first kappa shape index (κ1) is 33.6. The highest BCUT2D eigenvalue weighted by molar-refractivity contribution is 7.19. The van der Waals surface area contributed by atoms with Crippen molar-refractivity contribution in [1.82, 2.24) is 25.0 Å². The average Bonchev–Trinajstić information content (AvgIpc) is 3.80. The predicted molar refractivity (Wildman–Crippen MR) is 189 cm³/mol. The molecule has 2 atom stereocenters. The molecule has 8 nitrogen and oxygen atoms in total. The van der Waals surface area contributed by atoms with Crippen molar-refractivity contribution >= 4 is 27.5 Å². The molecule has 2 unspecified atom stereocenters. The van der Waals surface area contributed by atoms with Gasteiger partial charge in [0.15, 0.2) is 0 Å². The summed E-state index contributed by atoms with van der Waals surface area (Å²) < 4.78 is 5.19. The van der Waals surface area contributed by atoms with Crippen LogP contribution >= 0.6 is 11.3 Å². The summed E-state index contributed by atoms with van der Waals surface area (Å²) in [7, 11) is 1.70. The molecule has 252 valence electrons. The number of carbonyl (C=O) groups is 1. The maximum atomic E-state index is 14.0. The van der Waals surface area contributed by atoms with Gasteiger partial charge in [-0.05, 0) is 96.0 Å². The molecule has 1 aromatic carbocycles. The molecule has 2 bridgehead atoms. The summed E-state index contributed by atoms with van der Waals surface area (Å²) >= 11 is 1.77. The number of H-pyrrole nitrogens is 1. The van der Waals surface area contributed by atoms with Gasteiger partial charge in [0.2, 0.25) is 5.91 Å². The van der Waals surface area contributed by atoms with E-state index in [9.17, 15) is 9.90 Å². The lowest BCUT2D eigenvalue weighted by Crippen LogP contribution is -2.50. The van der Waals surface area contributed by atoms with Crippen LogP contribution in [0.3, 0.4) is 0 Å². The third-order valence-corrected chi connectivity index (χ3v) is 12.1. The van der Waals surface area contributed by atoms with Crippen molar-refractivity contribution in [3.8, 4) is 11.3 Å². The molecule has 3 aliphatic heterocycles. The molecule has 3 saturated heterocycles. The lowest BCUT2D eigenvalue weighted by atomic mass is 9.88. The van der Waals surface area contributed by atoms with Crippen LogP contribution in [0.25, 0.3) is 21.5 Å². The molecule has 0 aliphatic carbocycles. The van der Waals surface area contributed by atoms with Gasteiger partial charge in [0.25, 0.3) is 0 Å². The standard InChI is InChI=1S/C37H55N5O3S/c1-24-17-25(2)19-27(18-24)34-31(11-12-40-13-15-41(16-14-40)22-30(43)21-38-26(3)23-45-6)32-20-33(46-35(32)39-34)37(4,5)36(44)42-28-7-8-29(42)10-9-28/h17-20,26,28-30,38-39,43H,7-16,21-23H2,1-6H3. The van der Waals surface area contributed by atoms with Gasteiger partial charge < -0.3 is 29.9 Å². The fourth-order valence-electron chi connectivity index (χ4n) is 8.11. The number of thiophene rings is 1. The predicted octanol–water partition coefficient (Wildman–Crippen LogP) is 5.09. The Morgan fingerprint density at radius 3 is 2.30 bits per heavy atom. The molecule has 9 heteroatoms. The van der Waals surface area contributed by atoms with E-state index in [0.29, 0.717) is 37.7 Å². The zero-order valence-corrected chi connectivity index (χ0v) is 29.6. The Hall–Kier alpha value is -2.27. The van der Waals surface area contributed by atoms with E-state index in [1.807, 2.05) is 0 Å². The first-order valence-electron chi connectivity index (χ1n) is 17.4. The van der Waals surface area contributed by atoms with Crippen LogP contribution in [0.4, 0.5) is 0 Å². The second kappa shape index (κ2) is 14.1. The molecule has 6 rings (SSSR count). The number of aromatic amines is 1. The van der Waals surface area contributed by atoms with Crippen LogP contribution in [0.2, 0.25) is 0 Å². The number of nitrogens with one attached hydrogen (secondary N) is 2. The van der Waals surface area contributed by atoms with Crippen molar-refractivity contribution in [2.75, 3.05) is 59.5 Å². The lowest BCUT2D eigenvalue weighted by molar-refractivity contribution is -0.137. The minimum Gasteiger partial charge on any atom is -0.390 e. The van der Waals surface area contributed by atoms with Crippen LogP contribution in [0.5, 0.6) is 0 Å². The van der Waals surface area contributed by atoms with Crippen molar-refractivity contribution in [3.63, 3.8) is 0 Å². The number of aromatic nitrogens is 1. The van der Waals surface area contributed by atoms with Crippen molar-refractivity contribution in [2.45, 2.75) is 96.4 Å². The van der Waals surface area contributed by atoms with E-state index in [2.05, 4.69) is 83.9 Å². The Labute approximate surface area is 279 Å². The number of benzene rings is 1. The highest BCUT2D eigenvalue weighted by Crippen LogP contribution is 2.44. The molecular formula is C37H55N5O3S. The van der Waals surface area contributed by atoms with Gasteiger partial charge >= 0.3 is 0 Å². The molecule has 2 aromatic heterocycles. The molecule has 0 spiro atoms. The summed E-state index contributed by atoms with van der Waals surface area (Å²) in [5, 5.41) is 15.2. The number of rotatable bonds is 13. The highest BCUT2D eigenvalue weighted by atomic mass is 32.1. The van der Waals surface area contributed by atoms with Crippen LogP contribution < -0.4 is 5.32 Å². The molecule has 3 aliphatic rings. The molecule has 5 heterocycles. The normalized spacial score (nSPS) is 22.3. The number of aliphatic hydroxyl groups is 1. The van der Waals surface area contributed by atoms with Gasteiger partial charge in [0.05, 0.1) is 23.8 Å². The van der Waals surface area contributed by atoms with Crippen LogP contribution in [0.1, 0.15) is 68.0 Å². The summed E-state index contributed by atoms with van der Waals surface area (Å²) in [6.07, 6.45) is 5.24. The molecule has 46 heavy (non-hydrogen) atoms. The van der Waals surface area contributed by atoms with E-state index in [1.165, 1.54) is 63.8 Å². The van der Waals surface area contributed by atoms with Crippen LogP contribution in [0.15, 0.2) is 24.3 Å². The largest absolute Gasteiger partial charge is 0.390 e. The third kappa shape index (κ3) is 7.10. The number of fused-ring (bicyclic) bond motifs is 3. The molecule has 3 N–H and O–H groups in total. The van der Waals surface area contributed by atoms with Gasteiger partial charge in [-0.15, -0.1) is 11.3 Å². The summed E-state index contributed by atoms with van der Waals surface area (Å²) in [5.41, 5.74) is 5.83. The Bertz CT molecular complexity index is 1470. The Morgan fingerprint density at radius 2 is 1.67 bits per heavy atom. The fraction of sp³-hybridized carbons (Fsp3) is 0.649. The SMILES string of the molecule is COCC(C)NCC(O)CN1CCN(CCc2c(-c3cc(C)cc(C)c3)[nH]c3sc(C(C)(C)C(=O)N4C5CCC4CC5)cc23)CC1. The van der Waals surface area contributed by atoms with E-state index < -0.39 is 5.41 Å². The van der Waals surface area contributed by atoms with Crippen molar-refractivity contribution in [1.29, 1.82) is 0 Å². The number of hydrogen-bond acceptors (Lipinski definition) is 7. The van der Waals surface area contributed by atoms with Crippen molar-refractivity contribution in [3.05, 3.63) is 45.8 Å². The lowest BCUT2D eigenvalue weighted by Gasteiger charge is -2.35. The van der Waals surface area contributed by atoms with E-state index in [1.54, 1.807) is 18.4 Å². The van der Waals surface area contributed by atoms with E-state index in [-0.39, 0.29) is 12.1 Å². The minimum atomic E-state index is -0.536. The zero-order chi connectivity index (χ0) is 32.6. The number of aliphatic hydroxyl groups excluding tert-OH is 1. The second-order valence-corrected chi connectivity index (χ2v) is 15.9. The molecule has 0 radical (unpaired) electrons. The van der Waals surface area contributed by atoms with Gasteiger partial charge in [-0.25, -0.2) is 0 Å². The summed E-state index contributed by atoms with van der Waals surface area (Å²) in [4.78, 5) is 27.4. The van der Waals surface area contributed by atoms with Gasteiger partial charge in [-0.2, -0.15) is 0 Å². The molecular weight excluding hydrogens is 595 g/mol. The third-order valence-electron chi connectivity index (χ3n) is 10.7. The number of nitrogens with zero attached hydrogens (tertiary/aromatic N) is 3. The minimum absolute atomic E-state index is 0.232. The number of carbonyl (C=O) groups excluding carboxylic acids is 1. The van der Waals surface area contributed by atoms with Gasteiger partial charge in [0, 0.05) is 81.3 Å². The summed E-state index contributed by atoms with van der Waals surface area (Å²) in [6.45, 7) is 17.5. The quantitative estimate of drug-likeness (QED) is 0.239. The number of aryl methyl sites for hydroxylation is 2. The first-order chi connectivity index (χ1) is 22.0. The maximum absolute atomic E-state index is 14.0. The highest BCUT2D eigenvalue weighted by Gasteiger charge is 2.47. The van der Waals surface area contributed by atoms with Crippen LogP contribution in [-0.2, 0) is 21.4 Å². The number of piperazine rings is 1. The van der Waals surface area contributed by atoms with Gasteiger partial charge in [-0.3, -0.25) is 9.69 Å². The molecule has 3 aromatic rings. The van der Waals surface area contributed by atoms with E-state index in [0.717, 1.165) is 44.0 Å². The van der Waals surface area contributed by atoms with Crippen LogP contribution in [0, 0.1) is 13.8 Å². The van der Waals surface area contributed by atoms with Gasteiger partial charge in [-0.1, -0.05) is 17.2 Å². The molecule has 0 saturated carbocycles. The van der Waals surface area contributed by atoms with Crippen molar-refractivity contribution in [2.24, 2.45) is 0 Å². The average molecular weight is 650 g/mol. The number of hydrogen-bond donors (Lipinski definition) is 3. The molecule has 1 amide bonds.